The Bertz CT molecular complexity index is 1050. The first-order valence-corrected chi connectivity index (χ1v) is 9.82. The van der Waals surface area contributed by atoms with Crippen LogP contribution in [0.3, 0.4) is 0 Å². The average molecular weight is 454 g/mol. The molecule has 32 heavy (non-hydrogen) atoms. The van der Waals surface area contributed by atoms with Crippen molar-refractivity contribution in [1.82, 2.24) is 20.3 Å². The van der Waals surface area contributed by atoms with Crippen LogP contribution < -0.4 is 0 Å². The Labute approximate surface area is 181 Å². The van der Waals surface area contributed by atoms with E-state index in [1.165, 1.54) is 29.0 Å². The maximum atomic E-state index is 13.2. The average Bonchev–Trinajstić information content (AvgIpc) is 3.20. The molecule has 0 aliphatic carbocycles. The van der Waals surface area contributed by atoms with Crippen molar-refractivity contribution in [2.75, 3.05) is 13.1 Å². The number of carbonyl (C=O) groups is 1. The predicted octanol–water partition coefficient (Wildman–Crippen LogP) is 4.05. The molecule has 0 radical (unpaired) electrons. The van der Waals surface area contributed by atoms with Gasteiger partial charge in [0.1, 0.15) is 11.6 Å². The number of hydrogen-bond donors (Lipinski definition) is 2. The zero-order chi connectivity index (χ0) is 23.5. The third-order valence-electron chi connectivity index (χ3n) is 5.23. The number of aromatic nitrogens is 3. The molecule has 0 amide bonds. The van der Waals surface area contributed by atoms with Gasteiger partial charge in [-0.05, 0) is 44.5 Å². The van der Waals surface area contributed by atoms with E-state index in [0.717, 1.165) is 55.2 Å². The van der Waals surface area contributed by atoms with Crippen LogP contribution in [-0.4, -0.2) is 50.6 Å². The summed E-state index contributed by atoms with van der Waals surface area (Å²) in [5, 5.41) is 18.8. The van der Waals surface area contributed by atoms with Gasteiger partial charge in [-0.15, -0.1) is 0 Å². The van der Waals surface area contributed by atoms with Gasteiger partial charge in [-0.25, -0.2) is 9.18 Å². The molecule has 2 aromatic heterocycles. The van der Waals surface area contributed by atoms with Gasteiger partial charge in [0, 0.05) is 48.4 Å². The third-order valence-corrected chi connectivity index (χ3v) is 5.23. The first-order valence-electron chi connectivity index (χ1n) is 9.82. The second-order valence-corrected chi connectivity index (χ2v) is 7.42. The number of H-pyrrole nitrogens is 1. The lowest BCUT2D eigenvalue weighted by Gasteiger charge is -2.19. The molecule has 0 fully saturated rings. The van der Waals surface area contributed by atoms with Crippen LogP contribution in [0.5, 0.6) is 0 Å². The van der Waals surface area contributed by atoms with Gasteiger partial charge >= 0.3 is 12.1 Å². The zero-order valence-corrected chi connectivity index (χ0v) is 17.5. The molecule has 11 heteroatoms. The van der Waals surface area contributed by atoms with Gasteiger partial charge in [0.2, 0.25) is 0 Å². The Balaban J connectivity index is 0.000000360. The number of aromatic amines is 1. The van der Waals surface area contributed by atoms with Crippen LogP contribution in [0.2, 0.25) is 0 Å². The Morgan fingerprint density at radius 1 is 1.19 bits per heavy atom. The second-order valence-electron chi connectivity index (χ2n) is 7.42. The minimum Gasteiger partial charge on any atom is -0.475 e. The number of benzene rings is 1. The second kappa shape index (κ2) is 9.51. The molecule has 0 bridgehead atoms. The van der Waals surface area contributed by atoms with Crippen LogP contribution in [-0.2, 0) is 24.2 Å². The molecule has 0 spiro atoms. The smallest absolute Gasteiger partial charge is 0.475 e. The van der Waals surface area contributed by atoms with Crippen LogP contribution in [0.4, 0.5) is 17.6 Å². The van der Waals surface area contributed by atoms with E-state index in [0.29, 0.717) is 0 Å². The van der Waals surface area contributed by atoms with E-state index in [4.69, 9.17) is 14.4 Å². The number of nitrogens with zero attached hydrogens (tertiary/aromatic N) is 3. The fourth-order valence-electron chi connectivity index (χ4n) is 3.48. The van der Waals surface area contributed by atoms with Gasteiger partial charge in [0.05, 0.1) is 11.4 Å². The molecule has 0 saturated heterocycles. The van der Waals surface area contributed by atoms with Crippen LogP contribution in [0.1, 0.15) is 28.3 Å². The summed E-state index contributed by atoms with van der Waals surface area (Å²) in [5.41, 5.74) is 6.47. The van der Waals surface area contributed by atoms with Crippen LogP contribution >= 0.6 is 0 Å². The van der Waals surface area contributed by atoms with Crippen molar-refractivity contribution in [3.63, 3.8) is 0 Å². The van der Waals surface area contributed by atoms with E-state index >= 15 is 0 Å². The molecule has 7 nitrogen and oxygen atoms in total. The summed E-state index contributed by atoms with van der Waals surface area (Å²) in [5.74, 6) is -2.09. The number of carboxylic acid groups (broad SMARTS) is 1. The predicted molar refractivity (Wildman–Crippen MR) is 106 cm³/mol. The normalized spacial score (nSPS) is 14.3. The molecule has 0 unspecified atom stereocenters. The van der Waals surface area contributed by atoms with E-state index in [-0.39, 0.29) is 5.82 Å². The minimum atomic E-state index is -5.08. The Morgan fingerprint density at radius 2 is 1.81 bits per heavy atom. The molecule has 1 aromatic carbocycles. The molecule has 0 saturated carbocycles. The number of alkyl halides is 3. The molecule has 1 aliphatic rings. The summed E-state index contributed by atoms with van der Waals surface area (Å²) >= 11 is 0. The van der Waals surface area contributed by atoms with E-state index in [1.807, 2.05) is 13.8 Å². The summed E-state index contributed by atoms with van der Waals surface area (Å²) < 4.78 is 50.2. The summed E-state index contributed by atoms with van der Waals surface area (Å²) in [6, 6.07) is 6.55. The number of aryl methyl sites for hydroxylation is 2. The van der Waals surface area contributed by atoms with Gasteiger partial charge in [-0.2, -0.15) is 18.3 Å². The van der Waals surface area contributed by atoms with Gasteiger partial charge < -0.3 is 9.63 Å². The van der Waals surface area contributed by atoms with E-state index in [2.05, 4.69) is 20.3 Å². The molecule has 2 N–H and O–H groups in total. The Morgan fingerprint density at radius 3 is 2.38 bits per heavy atom. The first kappa shape index (κ1) is 23.5. The molecule has 4 rings (SSSR count). The number of halogens is 4. The van der Waals surface area contributed by atoms with E-state index < -0.39 is 12.1 Å². The highest BCUT2D eigenvalue weighted by molar-refractivity contribution is 5.73. The van der Waals surface area contributed by atoms with Crippen LogP contribution in [0.25, 0.3) is 11.3 Å². The third kappa shape index (κ3) is 5.52. The molecular weight excluding hydrogens is 432 g/mol. The fraction of sp³-hybridized carbons (Fsp3) is 0.381. The molecule has 0 atom stereocenters. The molecule has 3 heterocycles. The molecule has 3 aromatic rings. The lowest BCUT2D eigenvalue weighted by molar-refractivity contribution is -0.192. The number of nitrogens with one attached hydrogen (secondary N) is 1. The Kier molecular flexibility index (Phi) is 6.97. The standard InChI is InChI=1S/C19H21FN4O.C2HF3O2/c1-12-17(13(2)25-23-12)11-24-9-7-16-18(8-10-24)21-22-19(16)14-3-5-15(20)6-4-14;3-2(4,5)1(6)7/h3-6H,7-11H2,1-2H3,(H,21,22);(H,6,7). The molecular formula is C21H22F4N4O3. The highest BCUT2D eigenvalue weighted by Crippen LogP contribution is 2.27. The summed E-state index contributed by atoms with van der Waals surface area (Å²) in [4.78, 5) is 11.3. The number of hydrogen-bond acceptors (Lipinski definition) is 5. The fourth-order valence-corrected chi connectivity index (χ4v) is 3.48. The SMILES string of the molecule is Cc1noc(C)c1CN1CCc2[nH]nc(-c3ccc(F)cc3)c2CC1.O=C(O)C(F)(F)F. The lowest BCUT2D eigenvalue weighted by atomic mass is 10.0. The monoisotopic (exact) mass is 454 g/mol. The van der Waals surface area contributed by atoms with Gasteiger partial charge in [0.25, 0.3) is 0 Å². The van der Waals surface area contributed by atoms with Crippen molar-refractivity contribution in [3.8, 4) is 11.3 Å². The number of aliphatic carboxylic acids is 1. The summed E-state index contributed by atoms with van der Waals surface area (Å²) in [6.07, 6.45) is -3.24. The lowest BCUT2D eigenvalue weighted by Crippen LogP contribution is -2.26. The zero-order valence-electron chi connectivity index (χ0n) is 17.5. The van der Waals surface area contributed by atoms with E-state index in [9.17, 15) is 17.6 Å². The largest absolute Gasteiger partial charge is 0.490 e. The number of rotatable bonds is 3. The van der Waals surface area contributed by atoms with Crippen molar-refractivity contribution >= 4 is 5.97 Å². The van der Waals surface area contributed by atoms with Gasteiger partial charge in [-0.3, -0.25) is 10.00 Å². The molecule has 1 aliphatic heterocycles. The maximum Gasteiger partial charge on any atom is 0.490 e. The summed E-state index contributed by atoms with van der Waals surface area (Å²) in [7, 11) is 0. The summed E-state index contributed by atoms with van der Waals surface area (Å²) in [6.45, 7) is 6.71. The quantitative estimate of drug-likeness (QED) is 0.580. The van der Waals surface area contributed by atoms with Crippen LogP contribution in [0.15, 0.2) is 28.8 Å². The first-order chi connectivity index (χ1) is 15.1. The van der Waals surface area contributed by atoms with Crippen molar-refractivity contribution < 1.29 is 32.0 Å². The van der Waals surface area contributed by atoms with Crippen molar-refractivity contribution in [1.29, 1.82) is 0 Å². The van der Waals surface area contributed by atoms with Crippen molar-refractivity contribution in [2.24, 2.45) is 0 Å². The van der Waals surface area contributed by atoms with Crippen molar-refractivity contribution in [2.45, 2.75) is 39.4 Å². The highest BCUT2D eigenvalue weighted by atomic mass is 19.4. The number of fused-ring (bicyclic) bond motifs is 1. The highest BCUT2D eigenvalue weighted by Gasteiger charge is 2.38. The van der Waals surface area contributed by atoms with Gasteiger partial charge in [0.15, 0.2) is 0 Å². The van der Waals surface area contributed by atoms with Crippen molar-refractivity contribution in [3.05, 3.63) is 58.4 Å². The van der Waals surface area contributed by atoms with Crippen LogP contribution in [0, 0.1) is 19.7 Å². The van der Waals surface area contributed by atoms with Gasteiger partial charge in [-0.1, -0.05) is 5.16 Å². The maximum absolute atomic E-state index is 13.2. The van der Waals surface area contributed by atoms with E-state index in [1.54, 1.807) is 12.1 Å². The Hall–Kier alpha value is -3.21. The molecule has 172 valence electrons. The number of carboxylic acids is 1. The topological polar surface area (TPSA) is 95.3 Å². The minimum absolute atomic E-state index is 0.226.